The fraction of sp³-hybridized carbons (Fsp3) is 0.929. The predicted octanol–water partition coefficient (Wildman–Crippen LogP) is 3.21. The van der Waals surface area contributed by atoms with E-state index in [2.05, 4.69) is 18.3 Å². The van der Waals surface area contributed by atoms with Crippen molar-refractivity contribution in [2.45, 2.75) is 51.5 Å². The molecule has 0 aliphatic heterocycles. The monoisotopic (exact) mass is 272 g/mol. The van der Waals surface area contributed by atoms with Gasteiger partial charge in [-0.15, -0.1) is 0 Å². The predicted molar refractivity (Wildman–Crippen MR) is 80.0 cm³/mol. The van der Waals surface area contributed by atoms with Gasteiger partial charge in [0.2, 0.25) is 0 Å². The molecule has 0 aromatic heterocycles. The molecule has 0 aliphatic rings. The molecule has 1 atom stereocenters. The topological polar surface area (TPSA) is 45.0 Å². The Hall–Kier alpha value is -0.240. The normalized spacial score (nSPS) is 14.1. The summed E-state index contributed by atoms with van der Waals surface area (Å²) in [4.78, 5) is 0. The van der Waals surface area contributed by atoms with Gasteiger partial charge in [-0.2, -0.15) is 17.0 Å². The Morgan fingerprint density at radius 1 is 1.28 bits per heavy atom. The maximum absolute atomic E-state index is 9.18. The summed E-state index contributed by atoms with van der Waals surface area (Å²) in [5.41, 5.74) is -0.337. The molecule has 1 N–H and O–H groups in total. The molecule has 0 amide bonds. The average Bonchev–Trinajstić information content (AvgIpc) is 2.39. The second-order valence-electron chi connectivity index (χ2n) is 4.79. The van der Waals surface area contributed by atoms with Crippen molar-refractivity contribution in [1.82, 2.24) is 5.32 Å². The van der Waals surface area contributed by atoms with Gasteiger partial charge in [-0.1, -0.05) is 6.92 Å². The zero-order valence-electron chi connectivity index (χ0n) is 12.1. The van der Waals surface area contributed by atoms with Crippen LogP contribution in [-0.4, -0.2) is 37.3 Å². The van der Waals surface area contributed by atoms with Crippen molar-refractivity contribution in [3.05, 3.63) is 0 Å². The minimum atomic E-state index is -0.337. The van der Waals surface area contributed by atoms with Gasteiger partial charge in [-0.3, -0.25) is 5.32 Å². The summed E-state index contributed by atoms with van der Waals surface area (Å²) < 4.78 is 5.01. The van der Waals surface area contributed by atoms with Gasteiger partial charge in [-0.25, -0.2) is 0 Å². The second kappa shape index (κ2) is 11.8. The molecule has 1 unspecified atom stereocenters. The molecule has 106 valence electrons. The summed E-state index contributed by atoms with van der Waals surface area (Å²) in [5, 5.41) is 12.5. The summed E-state index contributed by atoms with van der Waals surface area (Å²) in [7, 11) is 1.75. The van der Waals surface area contributed by atoms with Crippen LogP contribution in [0.5, 0.6) is 0 Å². The van der Waals surface area contributed by atoms with Gasteiger partial charge in [0.25, 0.3) is 0 Å². The number of thioether (sulfide) groups is 1. The van der Waals surface area contributed by atoms with E-state index in [1.54, 1.807) is 7.11 Å². The summed E-state index contributed by atoms with van der Waals surface area (Å²) in [5.74, 6) is 2.37. The second-order valence-corrected chi connectivity index (χ2v) is 6.01. The molecule has 0 aromatic carbocycles. The van der Waals surface area contributed by atoms with Crippen LogP contribution >= 0.6 is 11.8 Å². The van der Waals surface area contributed by atoms with Crippen molar-refractivity contribution in [2.24, 2.45) is 0 Å². The molecule has 0 fully saturated rings. The van der Waals surface area contributed by atoms with Gasteiger partial charge in [0, 0.05) is 13.7 Å². The molecule has 0 radical (unpaired) electrons. The van der Waals surface area contributed by atoms with E-state index >= 15 is 0 Å². The first-order valence-electron chi connectivity index (χ1n) is 6.91. The first-order valence-corrected chi connectivity index (χ1v) is 8.07. The smallest absolute Gasteiger partial charge is 0.103 e. The number of rotatable bonds is 12. The van der Waals surface area contributed by atoms with E-state index in [-0.39, 0.29) is 5.54 Å². The van der Waals surface area contributed by atoms with Crippen LogP contribution in [0.3, 0.4) is 0 Å². The SMILES string of the molecule is CCCNC(C)(C#N)CCCCSCCCOC. The number of hydrogen-bond acceptors (Lipinski definition) is 4. The molecule has 0 saturated carbocycles. The highest BCUT2D eigenvalue weighted by atomic mass is 32.2. The van der Waals surface area contributed by atoms with Crippen LogP contribution in [-0.2, 0) is 4.74 Å². The molecule has 0 heterocycles. The van der Waals surface area contributed by atoms with Crippen molar-refractivity contribution < 1.29 is 4.74 Å². The lowest BCUT2D eigenvalue weighted by molar-refractivity contribution is 0.200. The highest BCUT2D eigenvalue weighted by molar-refractivity contribution is 7.99. The Labute approximate surface area is 117 Å². The first-order chi connectivity index (χ1) is 8.68. The summed E-state index contributed by atoms with van der Waals surface area (Å²) in [6.07, 6.45) is 5.48. The van der Waals surface area contributed by atoms with E-state index in [1.807, 2.05) is 18.7 Å². The zero-order valence-corrected chi connectivity index (χ0v) is 12.9. The lowest BCUT2D eigenvalue weighted by atomic mass is 9.96. The average molecular weight is 272 g/mol. The maximum atomic E-state index is 9.18. The van der Waals surface area contributed by atoms with Crippen LogP contribution in [0.2, 0.25) is 0 Å². The van der Waals surface area contributed by atoms with E-state index in [1.165, 1.54) is 17.9 Å². The molecule has 18 heavy (non-hydrogen) atoms. The molecule has 0 bridgehead atoms. The van der Waals surface area contributed by atoms with Crippen molar-refractivity contribution >= 4 is 11.8 Å². The van der Waals surface area contributed by atoms with Crippen molar-refractivity contribution in [3.8, 4) is 6.07 Å². The third kappa shape index (κ3) is 9.76. The number of nitrogens with zero attached hydrogens (tertiary/aromatic N) is 1. The van der Waals surface area contributed by atoms with Gasteiger partial charge in [0.05, 0.1) is 6.07 Å². The lowest BCUT2D eigenvalue weighted by Gasteiger charge is -2.22. The Kier molecular flexibility index (Phi) is 11.7. The molecule has 0 aromatic rings. The number of nitrogens with one attached hydrogen (secondary N) is 1. The standard InChI is InChI=1S/C14H28N2OS/c1-4-9-16-14(2,13-15)8-5-6-11-18-12-7-10-17-3/h16H,4-12H2,1-3H3. The highest BCUT2D eigenvalue weighted by Crippen LogP contribution is 2.15. The van der Waals surface area contributed by atoms with Gasteiger partial charge in [0.15, 0.2) is 0 Å². The molecule has 0 aliphatic carbocycles. The van der Waals surface area contributed by atoms with Gasteiger partial charge in [-0.05, 0) is 57.1 Å². The van der Waals surface area contributed by atoms with Crippen LogP contribution < -0.4 is 5.32 Å². The third-order valence-electron chi connectivity index (χ3n) is 2.86. The minimum absolute atomic E-state index is 0.337. The van der Waals surface area contributed by atoms with Crippen LogP contribution in [0.4, 0.5) is 0 Å². The number of nitriles is 1. The zero-order chi connectivity index (χ0) is 13.7. The van der Waals surface area contributed by atoms with E-state index in [9.17, 15) is 5.26 Å². The number of ether oxygens (including phenoxy) is 1. The van der Waals surface area contributed by atoms with Gasteiger partial charge < -0.3 is 4.74 Å². The van der Waals surface area contributed by atoms with Crippen molar-refractivity contribution in [3.63, 3.8) is 0 Å². The van der Waals surface area contributed by atoms with Crippen LogP contribution in [0, 0.1) is 11.3 Å². The fourth-order valence-corrected chi connectivity index (χ4v) is 2.61. The molecule has 3 nitrogen and oxygen atoms in total. The molecular weight excluding hydrogens is 244 g/mol. The molecule has 4 heteroatoms. The van der Waals surface area contributed by atoms with Gasteiger partial charge >= 0.3 is 0 Å². The Balaban J connectivity index is 3.48. The lowest BCUT2D eigenvalue weighted by Crippen LogP contribution is -2.41. The minimum Gasteiger partial charge on any atom is -0.385 e. The quantitative estimate of drug-likeness (QED) is 0.554. The largest absolute Gasteiger partial charge is 0.385 e. The first kappa shape index (κ1) is 17.8. The van der Waals surface area contributed by atoms with Crippen molar-refractivity contribution in [2.75, 3.05) is 31.8 Å². The van der Waals surface area contributed by atoms with E-state index in [0.717, 1.165) is 38.8 Å². The van der Waals surface area contributed by atoms with Crippen LogP contribution in [0.1, 0.15) is 46.0 Å². The number of unbranched alkanes of at least 4 members (excludes halogenated alkanes) is 1. The molecule has 0 rings (SSSR count). The summed E-state index contributed by atoms with van der Waals surface area (Å²) in [6, 6.07) is 2.40. The van der Waals surface area contributed by atoms with Crippen molar-refractivity contribution in [1.29, 1.82) is 5.26 Å². The highest BCUT2D eigenvalue weighted by Gasteiger charge is 2.21. The van der Waals surface area contributed by atoms with E-state index < -0.39 is 0 Å². The number of methoxy groups -OCH3 is 1. The Morgan fingerprint density at radius 2 is 2.00 bits per heavy atom. The summed E-state index contributed by atoms with van der Waals surface area (Å²) in [6.45, 7) is 5.92. The Morgan fingerprint density at radius 3 is 2.61 bits per heavy atom. The van der Waals surface area contributed by atoms with Crippen LogP contribution in [0.15, 0.2) is 0 Å². The molecule has 0 saturated heterocycles. The van der Waals surface area contributed by atoms with Crippen LogP contribution in [0.25, 0.3) is 0 Å². The van der Waals surface area contributed by atoms with Gasteiger partial charge in [0.1, 0.15) is 5.54 Å². The summed E-state index contributed by atoms with van der Waals surface area (Å²) >= 11 is 1.99. The number of hydrogen-bond donors (Lipinski definition) is 1. The maximum Gasteiger partial charge on any atom is 0.103 e. The third-order valence-corrected chi connectivity index (χ3v) is 4.02. The molecule has 0 spiro atoms. The van der Waals surface area contributed by atoms with E-state index in [0.29, 0.717) is 0 Å². The molecular formula is C14H28N2OS. The van der Waals surface area contributed by atoms with E-state index in [4.69, 9.17) is 4.74 Å². The Bertz CT molecular complexity index is 230. The fourth-order valence-electron chi connectivity index (χ4n) is 1.67.